The predicted molar refractivity (Wildman–Crippen MR) is 102 cm³/mol. The monoisotopic (exact) mass is 328 g/mol. The largest absolute Gasteiger partial charge is 0.497 e. The molecule has 0 saturated heterocycles. The molecule has 0 bridgehead atoms. The van der Waals surface area contributed by atoms with Crippen LogP contribution in [0.25, 0.3) is 43.5 Å². The summed E-state index contributed by atoms with van der Waals surface area (Å²) in [6.07, 6.45) is 0. The van der Waals surface area contributed by atoms with Crippen LogP contribution in [0.2, 0.25) is 0 Å². The predicted octanol–water partition coefficient (Wildman–Crippen LogP) is 5.91. The summed E-state index contributed by atoms with van der Waals surface area (Å²) in [6, 6.07) is 20.5. The highest BCUT2D eigenvalue weighted by molar-refractivity contribution is 6.23. The fourth-order valence-corrected chi connectivity index (χ4v) is 3.67. The van der Waals surface area contributed by atoms with Crippen LogP contribution in [-0.2, 0) is 0 Å². The van der Waals surface area contributed by atoms with Gasteiger partial charge in [-0.15, -0.1) is 0 Å². The molecule has 0 unspecified atom stereocenters. The molecule has 0 amide bonds. The van der Waals surface area contributed by atoms with Gasteiger partial charge in [0.1, 0.15) is 22.7 Å². The highest BCUT2D eigenvalue weighted by atomic mass is 16.5. The first-order valence-electron chi connectivity index (χ1n) is 8.19. The van der Waals surface area contributed by atoms with Gasteiger partial charge in [0.2, 0.25) is 0 Å². The fourth-order valence-electron chi connectivity index (χ4n) is 3.67. The summed E-state index contributed by atoms with van der Waals surface area (Å²) in [5, 5.41) is 6.68. The van der Waals surface area contributed by atoms with Crippen LogP contribution in [0, 0.1) is 0 Å². The lowest BCUT2D eigenvalue weighted by molar-refractivity contribution is 0.415. The van der Waals surface area contributed by atoms with Crippen molar-refractivity contribution in [3.05, 3.63) is 60.7 Å². The molecule has 0 N–H and O–H groups in total. The van der Waals surface area contributed by atoms with Gasteiger partial charge in [0.25, 0.3) is 0 Å². The zero-order chi connectivity index (χ0) is 17.0. The highest BCUT2D eigenvalue weighted by Crippen LogP contribution is 2.40. The van der Waals surface area contributed by atoms with E-state index in [1.54, 1.807) is 14.2 Å². The van der Waals surface area contributed by atoms with Crippen molar-refractivity contribution in [2.24, 2.45) is 0 Å². The van der Waals surface area contributed by atoms with Gasteiger partial charge < -0.3 is 13.9 Å². The molecular formula is C22H16O3. The Bertz CT molecular complexity index is 1260. The summed E-state index contributed by atoms with van der Waals surface area (Å²) >= 11 is 0. The number of hydrogen-bond acceptors (Lipinski definition) is 3. The zero-order valence-corrected chi connectivity index (χ0v) is 14.0. The van der Waals surface area contributed by atoms with Gasteiger partial charge >= 0.3 is 0 Å². The van der Waals surface area contributed by atoms with E-state index in [-0.39, 0.29) is 0 Å². The maximum Gasteiger partial charge on any atom is 0.143 e. The van der Waals surface area contributed by atoms with E-state index in [4.69, 9.17) is 13.9 Å². The quantitative estimate of drug-likeness (QED) is 0.404. The normalized spacial score (nSPS) is 11.6. The number of furan rings is 1. The molecule has 0 saturated carbocycles. The van der Waals surface area contributed by atoms with Crippen molar-refractivity contribution in [2.75, 3.05) is 14.2 Å². The van der Waals surface area contributed by atoms with Crippen molar-refractivity contribution in [2.45, 2.75) is 0 Å². The van der Waals surface area contributed by atoms with Gasteiger partial charge in [-0.1, -0.05) is 18.2 Å². The molecule has 25 heavy (non-hydrogen) atoms. The molecule has 0 aliphatic rings. The van der Waals surface area contributed by atoms with Crippen molar-refractivity contribution in [3.63, 3.8) is 0 Å². The first-order chi connectivity index (χ1) is 12.3. The van der Waals surface area contributed by atoms with Crippen LogP contribution in [0.3, 0.4) is 0 Å². The third-order valence-corrected chi connectivity index (χ3v) is 4.86. The van der Waals surface area contributed by atoms with Crippen LogP contribution in [0.4, 0.5) is 0 Å². The first kappa shape index (κ1) is 14.2. The number of benzene rings is 4. The second-order valence-corrected chi connectivity index (χ2v) is 6.13. The molecule has 4 aromatic carbocycles. The van der Waals surface area contributed by atoms with Crippen LogP contribution >= 0.6 is 0 Å². The molecule has 5 aromatic rings. The van der Waals surface area contributed by atoms with E-state index >= 15 is 0 Å². The Balaban J connectivity index is 1.96. The van der Waals surface area contributed by atoms with Gasteiger partial charge in [0.15, 0.2) is 0 Å². The Kier molecular flexibility index (Phi) is 2.92. The second kappa shape index (κ2) is 5.15. The summed E-state index contributed by atoms with van der Waals surface area (Å²) in [5.41, 5.74) is 1.79. The van der Waals surface area contributed by atoms with E-state index in [0.717, 1.165) is 49.6 Å². The number of hydrogen-bond donors (Lipinski definition) is 0. The van der Waals surface area contributed by atoms with E-state index in [9.17, 15) is 0 Å². The lowest BCUT2D eigenvalue weighted by Gasteiger charge is -2.05. The highest BCUT2D eigenvalue weighted by Gasteiger charge is 2.14. The van der Waals surface area contributed by atoms with Gasteiger partial charge in [0.05, 0.1) is 14.2 Å². The summed E-state index contributed by atoms with van der Waals surface area (Å²) in [7, 11) is 3.38. The molecule has 1 heterocycles. The molecule has 122 valence electrons. The van der Waals surface area contributed by atoms with Crippen molar-refractivity contribution in [3.8, 4) is 11.5 Å². The van der Waals surface area contributed by atoms with E-state index in [1.807, 2.05) is 24.3 Å². The molecule has 0 atom stereocenters. The van der Waals surface area contributed by atoms with Crippen molar-refractivity contribution >= 4 is 43.5 Å². The molecule has 0 spiro atoms. The molecule has 0 radical (unpaired) electrons. The van der Waals surface area contributed by atoms with Gasteiger partial charge in [-0.05, 0) is 53.2 Å². The standard InChI is InChI=1S/C22H16O3/c1-23-14-7-8-15-13(12-14)6-11-20-21(15)18-10-9-16-17(22(18)25-20)4-3-5-19(16)24-2/h3-12H,1-2H3. The number of rotatable bonds is 2. The summed E-state index contributed by atoms with van der Waals surface area (Å²) in [5.74, 6) is 1.71. The lowest BCUT2D eigenvalue weighted by atomic mass is 10.0. The average molecular weight is 328 g/mol. The van der Waals surface area contributed by atoms with Crippen molar-refractivity contribution in [1.82, 2.24) is 0 Å². The summed E-state index contributed by atoms with van der Waals surface area (Å²) in [4.78, 5) is 0. The average Bonchev–Trinajstić information content (AvgIpc) is 3.06. The van der Waals surface area contributed by atoms with Gasteiger partial charge in [-0.25, -0.2) is 0 Å². The fraction of sp³-hybridized carbons (Fsp3) is 0.0909. The Morgan fingerprint density at radius 2 is 1.56 bits per heavy atom. The molecular weight excluding hydrogens is 312 g/mol. The molecule has 1 aromatic heterocycles. The van der Waals surface area contributed by atoms with Crippen LogP contribution < -0.4 is 9.47 Å². The third-order valence-electron chi connectivity index (χ3n) is 4.86. The lowest BCUT2D eigenvalue weighted by Crippen LogP contribution is -1.84. The van der Waals surface area contributed by atoms with Crippen LogP contribution in [0.15, 0.2) is 65.1 Å². The zero-order valence-electron chi connectivity index (χ0n) is 14.0. The summed E-state index contributed by atoms with van der Waals surface area (Å²) in [6.45, 7) is 0. The molecule has 0 aliphatic carbocycles. The number of fused-ring (bicyclic) bond motifs is 7. The van der Waals surface area contributed by atoms with Crippen LogP contribution in [-0.4, -0.2) is 14.2 Å². The molecule has 0 fully saturated rings. The molecule has 3 heteroatoms. The minimum Gasteiger partial charge on any atom is -0.497 e. The third kappa shape index (κ3) is 1.92. The van der Waals surface area contributed by atoms with Gasteiger partial charge in [-0.2, -0.15) is 0 Å². The van der Waals surface area contributed by atoms with Crippen LogP contribution in [0.1, 0.15) is 0 Å². The second-order valence-electron chi connectivity index (χ2n) is 6.13. The number of ether oxygens (including phenoxy) is 2. The smallest absolute Gasteiger partial charge is 0.143 e. The minimum atomic E-state index is 0.856. The van der Waals surface area contributed by atoms with Crippen molar-refractivity contribution < 1.29 is 13.9 Å². The SMILES string of the molecule is COc1ccc2c(ccc3oc4c5cccc(OC)c5ccc4c32)c1. The summed E-state index contributed by atoms with van der Waals surface area (Å²) < 4.78 is 17.1. The Labute approximate surface area is 144 Å². The maximum absolute atomic E-state index is 6.24. The Hall–Kier alpha value is -3.20. The Morgan fingerprint density at radius 1 is 0.720 bits per heavy atom. The van der Waals surface area contributed by atoms with E-state index in [1.165, 1.54) is 5.39 Å². The minimum absolute atomic E-state index is 0.856. The molecule has 3 nitrogen and oxygen atoms in total. The topological polar surface area (TPSA) is 31.6 Å². The van der Waals surface area contributed by atoms with Gasteiger partial charge in [0, 0.05) is 21.5 Å². The Morgan fingerprint density at radius 3 is 2.40 bits per heavy atom. The van der Waals surface area contributed by atoms with E-state index < -0.39 is 0 Å². The molecule has 5 rings (SSSR count). The molecule has 0 aliphatic heterocycles. The number of methoxy groups -OCH3 is 2. The maximum atomic E-state index is 6.24. The van der Waals surface area contributed by atoms with Crippen molar-refractivity contribution in [1.29, 1.82) is 0 Å². The van der Waals surface area contributed by atoms with E-state index in [2.05, 4.69) is 36.4 Å². The van der Waals surface area contributed by atoms with E-state index in [0.29, 0.717) is 0 Å². The first-order valence-corrected chi connectivity index (χ1v) is 8.19. The van der Waals surface area contributed by atoms with Crippen LogP contribution in [0.5, 0.6) is 11.5 Å². The van der Waals surface area contributed by atoms with Gasteiger partial charge in [-0.3, -0.25) is 0 Å².